The van der Waals surface area contributed by atoms with Crippen molar-refractivity contribution >= 4 is 29.4 Å². The second-order valence-electron chi connectivity index (χ2n) is 8.86. The van der Waals surface area contributed by atoms with Crippen LogP contribution in [0.4, 0.5) is 0 Å². The number of hydrogen-bond acceptors (Lipinski definition) is 6. The van der Waals surface area contributed by atoms with Crippen molar-refractivity contribution in [1.29, 1.82) is 0 Å². The summed E-state index contributed by atoms with van der Waals surface area (Å²) in [7, 11) is 2.55. The second kappa shape index (κ2) is 12.3. The van der Waals surface area contributed by atoms with E-state index in [4.69, 9.17) is 14.2 Å². The summed E-state index contributed by atoms with van der Waals surface area (Å²) in [4.78, 5) is 40.3. The van der Waals surface area contributed by atoms with Crippen LogP contribution >= 0.6 is 0 Å². The third-order valence-electron chi connectivity index (χ3n) is 6.67. The zero-order chi connectivity index (χ0) is 27.0. The van der Waals surface area contributed by atoms with E-state index in [1.807, 2.05) is 91.0 Å². The van der Waals surface area contributed by atoms with Gasteiger partial charge in [-0.1, -0.05) is 103 Å². The fourth-order valence-electron chi connectivity index (χ4n) is 5.01. The Labute approximate surface area is 222 Å². The van der Waals surface area contributed by atoms with Gasteiger partial charge in [-0.3, -0.25) is 9.59 Å². The molecule has 2 unspecified atom stereocenters. The molecular weight excluding hydrogens is 480 g/mol. The van der Waals surface area contributed by atoms with Crippen molar-refractivity contribution in [2.24, 2.45) is 5.92 Å². The van der Waals surface area contributed by atoms with Gasteiger partial charge < -0.3 is 14.2 Å². The molecule has 4 rings (SSSR count). The molecule has 3 aromatic rings. The number of Topliss-reactive ketones (excluding diaryl/α,β-unsaturated/α-hetero) is 1. The minimum atomic E-state index is -1.66. The molecule has 0 spiro atoms. The molecule has 0 saturated carbocycles. The van der Waals surface area contributed by atoms with E-state index in [1.165, 1.54) is 14.2 Å². The first-order valence-corrected chi connectivity index (χ1v) is 12.4. The lowest BCUT2D eigenvalue weighted by atomic mass is 9.71. The molecule has 0 aromatic heterocycles. The van der Waals surface area contributed by atoms with E-state index in [9.17, 15) is 14.4 Å². The van der Waals surface area contributed by atoms with Crippen LogP contribution in [0, 0.1) is 5.92 Å². The van der Waals surface area contributed by atoms with Crippen LogP contribution in [-0.4, -0.2) is 38.5 Å². The molecule has 0 saturated heterocycles. The fraction of sp³-hybridized carbons (Fsp3) is 0.219. The average Bonchev–Trinajstić information content (AvgIpc) is 3.10. The zero-order valence-electron chi connectivity index (χ0n) is 21.5. The molecule has 1 aliphatic carbocycles. The number of benzene rings is 3. The number of rotatable bonds is 8. The number of hydrogen-bond donors (Lipinski definition) is 0. The standard InChI is InChI=1S/C32H30O6/c1-36-30(34)26-20-21-27(33)29(31(35)37-2)32(25-18-10-5-11-19-25,28(26)24-16-8-4-9-17-24)38-22-12-15-23-13-6-3-7-14-23/h3-19,29H,20-22H2,1-2H3/b15-12+. The first-order chi connectivity index (χ1) is 18.5. The van der Waals surface area contributed by atoms with E-state index in [-0.39, 0.29) is 30.8 Å². The summed E-state index contributed by atoms with van der Waals surface area (Å²) in [5.74, 6) is -3.03. The first kappa shape index (κ1) is 26.8. The Hall–Kier alpha value is -4.29. The summed E-state index contributed by atoms with van der Waals surface area (Å²) >= 11 is 0. The van der Waals surface area contributed by atoms with Crippen molar-refractivity contribution in [2.45, 2.75) is 18.4 Å². The van der Waals surface area contributed by atoms with Gasteiger partial charge in [0.1, 0.15) is 5.60 Å². The molecule has 0 bridgehead atoms. The molecule has 0 N–H and O–H groups in total. The fourth-order valence-corrected chi connectivity index (χ4v) is 5.01. The minimum absolute atomic E-state index is 0.0433. The third-order valence-corrected chi connectivity index (χ3v) is 6.67. The lowest BCUT2D eigenvalue weighted by Gasteiger charge is -2.40. The lowest BCUT2D eigenvalue weighted by Crippen LogP contribution is -2.47. The summed E-state index contributed by atoms with van der Waals surface area (Å²) in [5, 5.41) is 0. The SMILES string of the molecule is COC(=O)C1=C(c2ccccc2)C(OC/C=C/c2ccccc2)(c2ccccc2)C(C(=O)OC)C(=O)CC1. The van der Waals surface area contributed by atoms with Crippen LogP contribution in [0.15, 0.2) is 103 Å². The maximum Gasteiger partial charge on any atom is 0.334 e. The van der Waals surface area contributed by atoms with E-state index in [0.29, 0.717) is 16.7 Å². The monoisotopic (exact) mass is 510 g/mol. The third kappa shape index (κ3) is 5.36. The van der Waals surface area contributed by atoms with Crippen molar-refractivity contribution in [3.63, 3.8) is 0 Å². The molecule has 38 heavy (non-hydrogen) atoms. The Balaban J connectivity index is 2.01. The van der Waals surface area contributed by atoms with Crippen LogP contribution < -0.4 is 0 Å². The summed E-state index contributed by atoms with van der Waals surface area (Å²) in [6, 6.07) is 28.0. The Morgan fingerprint density at radius 2 is 1.45 bits per heavy atom. The molecule has 0 aliphatic heterocycles. The molecule has 0 radical (unpaired) electrons. The van der Waals surface area contributed by atoms with Gasteiger partial charge in [-0.05, 0) is 23.1 Å². The van der Waals surface area contributed by atoms with Gasteiger partial charge in [-0.2, -0.15) is 0 Å². The van der Waals surface area contributed by atoms with Crippen LogP contribution in [0.1, 0.15) is 29.5 Å². The molecule has 0 amide bonds. The van der Waals surface area contributed by atoms with Crippen molar-refractivity contribution < 1.29 is 28.6 Å². The van der Waals surface area contributed by atoms with E-state index in [2.05, 4.69) is 0 Å². The van der Waals surface area contributed by atoms with Crippen LogP contribution in [0.5, 0.6) is 0 Å². The van der Waals surface area contributed by atoms with Crippen molar-refractivity contribution in [3.05, 3.63) is 119 Å². The average molecular weight is 511 g/mol. The van der Waals surface area contributed by atoms with Gasteiger partial charge in [0, 0.05) is 17.6 Å². The van der Waals surface area contributed by atoms with Gasteiger partial charge in [0.15, 0.2) is 11.7 Å². The Bertz CT molecular complexity index is 1330. The highest BCUT2D eigenvalue weighted by Gasteiger charge is 2.56. The largest absolute Gasteiger partial charge is 0.468 e. The van der Waals surface area contributed by atoms with Crippen LogP contribution in [-0.2, 0) is 34.2 Å². The van der Waals surface area contributed by atoms with Crippen LogP contribution in [0.3, 0.4) is 0 Å². The first-order valence-electron chi connectivity index (χ1n) is 12.4. The maximum absolute atomic E-state index is 13.7. The second-order valence-corrected chi connectivity index (χ2v) is 8.86. The molecular formula is C32H30O6. The van der Waals surface area contributed by atoms with Gasteiger partial charge in [-0.25, -0.2) is 4.79 Å². The van der Waals surface area contributed by atoms with E-state index >= 15 is 0 Å². The van der Waals surface area contributed by atoms with Crippen molar-refractivity contribution in [3.8, 4) is 0 Å². The van der Waals surface area contributed by atoms with Crippen LogP contribution in [0.25, 0.3) is 11.6 Å². The van der Waals surface area contributed by atoms with E-state index < -0.39 is 23.5 Å². The van der Waals surface area contributed by atoms with Gasteiger partial charge in [0.2, 0.25) is 0 Å². The molecule has 6 heteroatoms. The highest BCUT2D eigenvalue weighted by molar-refractivity contribution is 6.09. The number of esters is 2. The van der Waals surface area contributed by atoms with Crippen molar-refractivity contribution in [2.75, 3.05) is 20.8 Å². The lowest BCUT2D eigenvalue weighted by molar-refractivity contribution is -0.161. The number of methoxy groups -OCH3 is 2. The van der Waals surface area contributed by atoms with Crippen molar-refractivity contribution in [1.82, 2.24) is 0 Å². The van der Waals surface area contributed by atoms with Gasteiger partial charge in [-0.15, -0.1) is 0 Å². The smallest absolute Gasteiger partial charge is 0.334 e. The number of ether oxygens (including phenoxy) is 3. The summed E-state index contributed by atoms with van der Waals surface area (Å²) in [6.07, 6.45) is 3.78. The van der Waals surface area contributed by atoms with Gasteiger partial charge in [0.25, 0.3) is 0 Å². The zero-order valence-corrected chi connectivity index (χ0v) is 21.5. The summed E-state index contributed by atoms with van der Waals surface area (Å²) in [6.45, 7) is 0.0509. The van der Waals surface area contributed by atoms with Gasteiger partial charge >= 0.3 is 11.9 Å². The van der Waals surface area contributed by atoms with Crippen LogP contribution in [0.2, 0.25) is 0 Å². The molecule has 2 atom stereocenters. The molecule has 3 aromatic carbocycles. The Morgan fingerprint density at radius 3 is 2.05 bits per heavy atom. The summed E-state index contributed by atoms with van der Waals surface area (Å²) in [5.41, 5.74) is 1.22. The quantitative estimate of drug-likeness (QED) is 0.299. The predicted molar refractivity (Wildman–Crippen MR) is 145 cm³/mol. The Morgan fingerprint density at radius 1 is 0.842 bits per heavy atom. The number of carbonyl (C=O) groups excluding carboxylic acids is 3. The topological polar surface area (TPSA) is 78.9 Å². The molecule has 0 heterocycles. The van der Waals surface area contributed by atoms with E-state index in [1.54, 1.807) is 12.1 Å². The molecule has 0 fully saturated rings. The molecule has 1 aliphatic rings. The minimum Gasteiger partial charge on any atom is -0.468 e. The predicted octanol–water partition coefficient (Wildman–Crippen LogP) is 5.39. The highest BCUT2D eigenvalue weighted by atomic mass is 16.5. The molecule has 194 valence electrons. The number of ketones is 1. The summed E-state index contributed by atoms with van der Waals surface area (Å²) < 4.78 is 17.0. The van der Waals surface area contributed by atoms with E-state index in [0.717, 1.165) is 5.56 Å². The normalized spacial score (nSPS) is 19.7. The maximum atomic E-state index is 13.7. The van der Waals surface area contributed by atoms with Gasteiger partial charge in [0.05, 0.1) is 20.8 Å². The molecule has 6 nitrogen and oxygen atoms in total. The number of carbonyl (C=O) groups is 3. The Kier molecular flexibility index (Phi) is 8.66. The highest BCUT2D eigenvalue weighted by Crippen LogP contribution is 2.51.